The first kappa shape index (κ1) is 14.3. The van der Waals surface area contributed by atoms with Crippen molar-refractivity contribution in [3.05, 3.63) is 29.8 Å². The van der Waals surface area contributed by atoms with Gasteiger partial charge in [0.05, 0.1) is 12.0 Å². The van der Waals surface area contributed by atoms with Crippen molar-refractivity contribution in [2.45, 2.75) is 26.7 Å². The number of aryl methyl sites for hydroxylation is 1. The van der Waals surface area contributed by atoms with Gasteiger partial charge in [-0.15, -0.1) is 0 Å². The molecule has 4 heteroatoms. The number of nitriles is 1. The number of benzene rings is 1. The predicted octanol–water partition coefficient (Wildman–Crippen LogP) is 2.47. The lowest BCUT2D eigenvalue weighted by Gasteiger charge is -2.32. The van der Waals surface area contributed by atoms with E-state index in [2.05, 4.69) is 0 Å². The predicted molar refractivity (Wildman–Crippen MR) is 76.0 cm³/mol. The van der Waals surface area contributed by atoms with E-state index in [9.17, 15) is 9.59 Å². The molecule has 0 aromatic heterocycles. The number of rotatable bonds is 3. The molecule has 0 N–H and O–H groups in total. The van der Waals surface area contributed by atoms with Crippen LogP contribution in [-0.4, -0.2) is 18.2 Å². The van der Waals surface area contributed by atoms with Gasteiger partial charge in [0, 0.05) is 12.2 Å². The molecule has 1 aliphatic heterocycles. The summed E-state index contributed by atoms with van der Waals surface area (Å²) in [7, 11) is 0. The van der Waals surface area contributed by atoms with Crippen LogP contribution in [0.3, 0.4) is 0 Å². The zero-order valence-corrected chi connectivity index (χ0v) is 11.8. The Morgan fingerprint density at radius 1 is 1.50 bits per heavy atom. The monoisotopic (exact) mass is 270 g/mol. The minimum atomic E-state index is -0.721. The van der Waals surface area contributed by atoms with Crippen LogP contribution in [0.4, 0.5) is 5.69 Å². The molecule has 4 nitrogen and oxygen atoms in total. The van der Waals surface area contributed by atoms with Gasteiger partial charge in [0.1, 0.15) is 5.92 Å². The van der Waals surface area contributed by atoms with E-state index in [1.807, 2.05) is 37.3 Å². The second-order valence-electron chi connectivity index (χ2n) is 5.28. The van der Waals surface area contributed by atoms with Gasteiger partial charge in [0.15, 0.2) is 5.78 Å². The largest absolute Gasteiger partial charge is 0.312 e. The molecule has 2 rings (SSSR count). The molecule has 1 fully saturated rings. The highest BCUT2D eigenvalue weighted by molar-refractivity contribution is 6.10. The number of ketones is 1. The molecular formula is C16H18N2O2. The minimum absolute atomic E-state index is 0.172. The third-order valence-electron chi connectivity index (χ3n) is 3.72. The van der Waals surface area contributed by atoms with Crippen molar-refractivity contribution in [3.8, 4) is 6.07 Å². The van der Waals surface area contributed by atoms with Gasteiger partial charge in [-0.1, -0.05) is 12.1 Å². The number of anilines is 1. The summed E-state index contributed by atoms with van der Waals surface area (Å²) >= 11 is 0. The molecule has 1 saturated heterocycles. The molecule has 20 heavy (non-hydrogen) atoms. The number of nitrogens with zero attached hydrogens (tertiary/aromatic N) is 2. The van der Waals surface area contributed by atoms with Gasteiger partial charge < -0.3 is 4.90 Å². The lowest BCUT2D eigenvalue weighted by Crippen LogP contribution is -2.45. The quantitative estimate of drug-likeness (QED) is 0.793. The number of hydrogen-bond donors (Lipinski definition) is 0. The Kier molecular flexibility index (Phi) is 4.19. The van der Waals surface area contributed by atoms with Crippen LogP contribution in [0, 0.1) is 30.1 Å². The SMILES string of the molecule is Cc1cccc(N2CCC[C@H](C(=O)[C@H](C)C#N)C2=O)c1. The topological polar surface area (TPSA) is 61.2 Å². The fourth-order valence-corrected chi connectivity index (χ4v) is 2.56. The Bertz CT molecular complexity index is 574. The standard InChI is InChI=1S/C16H18N2O2/c1-11-5-3-6-13(9-11)18-8-4-7-14(16(18)20)15(19)12(2)10-17/h3,5-6,9,12,14H,4,7-8H2,1-2H3/t12-,14-/m1/s1. The Morgan fingerprint density at radius 3 is 2.90 bits per heavy atom. The number of carbonyl (C=O) groups excluding carboxylic acids is 2. The number of Topliss-reactive ketones (excluding diaryl/α,β-unsaturated/α-hetero) is 1. The molecule has 0 radical (unpaired) electrons. The molecule has 104 valence electrons. The van der Waals surface area contributed by atoms with Gasteiger partial charge >= 0.3 is 0 Å². The molecule has 1 amide bonds. The van der Waals surface area contributed by atoms with Gasteiger partial charge in [-0.25, -0.2) is 0 Å². The van der Waals surface area contributed by atoms with Crippen molar-refractivity contribution in [3.63, 3.8) is 0 Å². The highest BCUT2D eigenvalue weighted by atomic mass is 16.2. The van der Waals surface area contributed by atoms with Crippen LogP contribution in [0.5, 0.6) is 0 Å². The summed E-state index contributed by atoms with van der Waals surface area (Å²) in [6, 6.07) is 9.62. The summed E-state index contributed by atoms with van der Waals surface area (Å²) in [6.45, 7) is 4.16. The Labute approximate surface area is 119 Å². The van der Waals surface area contributed by atoms with Gasteiger partial charge in [0.25, 0.3) is 0 Å². The number of amides is 1. The van der Waals surface area contributed by atoms with Crippen LogP contribution >= 0.6 is 0 Å². The summed E-state index contributed by atoms with van der Waals surface area (Å²) < 4.78 is 0. The number of carbonyl (C=O) groups is 2. The molecule has 1 aromatic carbocycles. The number of piperidine rings is 1. The average molecular weight is 270 g/mol. The minimum Gasteiger partial charge on any atom is -0.312 e. The molecule has 1 aliphatic rings. The zero-order valence-electron chi connectivity index (χ0n) is 11.8. The fourth-order valence-electron chi connectivity index (χ4n) is 2.56. The van der Waals surface area contributed by atoms with Crippen molar-refractivity contribution in [1.29, 1.82) is 5.26 Å². The van der Waals surface area contributed by atoms with Crippen LogP contribution in [0.25, 0.3) is 0 Å². The molecule has 0 aliphatic carbocycles. The smallest absolute Gasteiger partial charge is 0.237 e. The Balaban J connectivity index is 2.23. The molecule has 2 atom stereocenters. The molecule has 1 aromatic rings. The lowest BCUT2D eigenvalue weighted by atomic mass is 9.87. The van der Waals surface area contributed by atoms with Crippen molar-refractivity contribution in [1.82, 2.24) is 0 Å². The lowest BCUT2D eigenvalue weighted by molar-refractivity contribution is -0.135. The first-order chi connectivity index (χ1) is 9.54. The highest BCUT2D eigenvalue weighted by Gasteiger charge is 2.36. The summed E-state index contributed by atoms with van der Waals surface area (Å²) in [5.74, 6) is -1.82. The maximum atomic E-state index is 12.5. The fraction of sp³-hybridized carbons (Fsp3) is 0.438. The highest BCUT2D eigenvalue weighted by Crippen LogP contribution is 2.27. The molecule has 0 spiro atoms. The molecule has 0 bridgehead atoms. The van der Waals surface area contributed by atoms with Crippen molar-refractivity contribution in [2.75, 3.05) is 11.4 Å². The van der Waals surface area contributed by atoms with Crippen LogP contribution < -0.4 is 4.90 Å². The van der Waals surface area contributed by atoms with Gasteiger partial charge in [-0.2, -0.15) is 5.26 Å². The third kappa shape index (κ3) is 2.72. The molecule has 0 unspecified atom stereocenters. The number of hydrogen-bond acceptors (Lipinski definition) is 3. The normalized spacial score (nSPS) is 20.4. The van der Waals surface area contributed by atoms with E-state index < -0.39 is 11.8 Å². The third-order valence-corrected chi connectivity index (χ3v) is 3.72. The van der Waals surface area contributed by atoms with E-state index in [-0.39, 0.29) is 11.7 Å². The van der Waals surface area contributed by atoms with Crippen molar-refractivity contribution >= 4 is 17.4 Å². The van der Waals surface area contributed by atoms with Crippen LogP contribution in [0.1, 0.15) is 25.3 Å². The molecular weight excluding hydrogens is 252 g/mol. The summed E-state index contributed by atoms with van der Waals surface area (Å²) in [5.41, 5.74) is 1.91. The first-order valence-corrected chi connectivity index (χ1v) is 6.86. The van der Waals surface area contributed by atoms with E-state index in [0.717, 1.165) is 17.7 Å². The molecule has 1 heterocycles. The Hall–Kier alpha value is -2.15. The van der Waals surface area contributed by atoms with Crippen molar-refractivity contribution < 1.29 is 9.59 Å². The van der Waals surface area contributed by atoms with Crippen molar-refractivity contribution in [2.24, 2.45) is 11.8 Å². The van der Waals surface area contributed by atoms with E-state index in [1.165, 1.54) is 0 Å². The van der Waals surface area contributed by atoms with Gasteiger partial charge in [0.2, 0.25) is 5.91 Å². The second kappa shape index (κ2) is 5.87. The van der Waals surface area contributed by atoms with E-state index in [0.29, 0.717) is 13.0 Å². The average Bonchev–Trinajstić information content (AvgIpc) is 2.46. The van der Waals surface area contributed by atoms with E-state index >= 15 is 0 Å². The van der Waals surface area contributed by atoms with Crippen LogP contribution in [0.15, 0.2) is 24.3 Å². The van der Waals surface area contributed by atoms with Crippen LogP contribution in [0.2, 0.25) is 0 Å². The maximum absolute atomic E-state index is 12.5. The van der Waals surface area contributed by atoms with Gasteiger partial charge in [-0.3, -0.25) is 9.59 Å². The second-order valence-corrected chi connectivity index (χ2v) is 5.28. The maximum Gasteiger partial charge on any atom is 0.237 e. The summed E-state index contributed by atoms with van der Waals surface area (Å²) in [4.78, 5) is 26.3. The first-order valence-electron chi connectivity index (χ1n) is 6.86. The zero-order chi connectivity index (χ0) is 14.7. The van der Waals surface area contributed by atoms with Crippen LogP contribution in [-0.2, 0) is 9.59 Å². The Morgan fingerprint density at radius 2 is 2.25 bits per heavy atom. The summed E-state index contributed by atoms with van der Waals surface area (Å²) in [5, 5.41) is 8.85. The van der Waals surface area contributed by atoms with Gasteiger partial charge in [-0.05, 0) is 44.4 Å². The van der Waals surface area contributed by atoms with E-state index in [1.54, 1.807) is 11.8 Å². The molecule has 0 saturated carbocycles. The summed E-state index contributed by atoms with van der Waals surface area (Å²) in [6.07, 6.45) is 1.33. The van der Waals surface area contributed by atoms with E-state index in [4.69, 9.17) is 5.26 Å².